The van der Waals surface area contributed by atoms with Gasteiger partial charge in [-0.15, -0.1) is 0 Å². The Morgan fingerprint density at radius 1 is 1.11 bits per heavy atom. The summed E-state index contributed by atoms with van der Waals surface area (Å²) in [7, 11) is 1.07. The van der Waals surface area contributed by atoms with Crippen molar-refractivity contribution in [2.75, 3.05) is 19.0 Å². The summed E-state index contributed by atoms with van der Waals surface area (Å²) in [5, 5.41) is 13.4. The molecule has 0 fully saturated rings. The summed E-state index contributed by atoms with van der Waals surface area (Å²) < 4.78 is 64.1. The van der Waals surface area contributed by atoms with Crippen LogP contribution >= 0.6 is 0 Å². The van der Waals surface area contributed by atoms with Crippen LogP contribution in [0.25, 0.3) is 0 Å². The van der Waals surface area contributed by atoms with Crippen LogP contribution in [0.15, 0.2) is 29.2 Å². The number of pyridine rings is 1. The number of anilines is 1. The maximum absolute atomic E-state index is 13.8. The molecule has 2 unspecified atom stereocenters. The molecule has 0 aliphatic carbocycles. The van der Waals surface area contributed by atoms with Crippen molar-refractivity contribution in [3.63, 3.8) is 0 Å². The van der Waals surface area contributed by atoms with E-state index < -0.39 is 83.4 Å². The van der Waals surface area contributed by atoms with E-state index >= 15 is 0 Å². The van der Waals surface area contributed by atoms with Gasteiger partial charge in [0.15, 0.2) is 23.2 Å². The number of nitrogens with zero attached hydrogens (tertiary/aromatic N) is 1. The minimum Gasteiger partial charge on any atom is -0.481 e. The summed E-state index contributed by atoms with van der Waals surface area (Å²) >= 11 is 0. The number of hydrogen-bond donors (Lipinski definition) is 3. The van der Waals surface area contributed by atoms with Crippen molar-refractivity contribution in [2.24, 2.45) is 0 Å². The van der Waals surface area contributed by atoms with Crippen molar-refractivity contribution >= 4 is 29.4 Å². The first-order valence-corrected chi connectivity index (χ1v) is 10.5. The number of aliphatic carboxylic acids is 1. The van der Waals surface area contributed by atoms with Gasteiger partial charge in [0.25, 0.3) is 5.56 Å². The molecule has 0 spiro atoms. The number of carbonyl (C=O) groups excluding carboxylic acids is 3. The summed E-state index contributed by atoms with van der Waals surface area (Å²) in [6.07, 6.45) is -0.770. The Kier molecular flexibility index (Phi) is 9.74. The Hall–Kier alpha value is -4.43. The van der Waals surface area contributed by atoms with E-state index in [-0.39, 0.29) is 18.2 Å². The summed E-state index contributed by atoms with van der Waals surface area (Å²) in [5.41, 5.74) is -1.06. The van der Waals surface area contributed by atoms with Gasteiger partial charge in [-0.1, -0.05) is 6.92 Å². The van der Waals surface area contributed by atoms with Gasteiger partial charge in [0.1, 0.15) is 24.4 Å². The van der Waals surface area contributed by atoms with Crippen molar-refractivity contribution in [1.29, 1.82) is 0 Å². The quantitative estimate of drug-likeness (QED) is 0.295. The molecule has 0 saturated carbocycles. The molecule has 1 aromatic carbocycles. The van der Waals surface area contributed by atoms with E-state index in [1.54, 1.807) is 0 Å². The van der Waals surface area contributed by atoms with Crippen molar-refractivity contribution in [1.82, 2.24) is 9.88 Å². The van der Waals surface area contributed by atoms with Gasteiger partial charge in [-0.05, 0) is 18.6 Å². The number of aromatic nitrogens is 1. The van der Waals surface area contributed by atoms with Gasteiger partial charge in [0, 0.05) is 12.3 Å². The van der Waals surface area contributed by atoms with E-state index in [1.807, 2.05) is 0 Å². The molecule has 1 aromatic heterocycles. The molecule has 0 bridgehead atoms. The first-order chi connectivity index (χ1) is 17.4. The monoisotopic (exact) mass is 531 g/mol. The second-order valence-electron chi connectivity index (χ2n) is 7.39. The van der Waals surface area contributed by atoms with Gasteiger partial charge in [-0.25, -0.2) is 13.6 Å². The number of ether oxygens (including phenoxy) is 2. The third-order valence-electron chi connectivity index (χ3n) is 4.94. The molecule has 15 heteroatoms. The van der Waals surface area contributed by atoms with Crippen LogP contribution in [0.3, 0.4) is 0 Å². The minimum absolute atomic E-state index is 0.0309. The Bertz CT molecular complexity index is 1240. The first kappa shape index (κ1) is 28.8. The maximum atomic E-state index is 13.8. The highest BCUT2D eigenvalue weighted by Crippen LogP contribution is 2.26. The number of rotatable bonds is 11. The van der Waals surface area contributed by atoms with Gasteiger partial charge >= 0.3 is 12.1 Å². The number of benzene rings is 1. The highest BCUT2D eigenvalue weighted by molar-refractivity contribution is 5.93. The van der Waals surface area contributed by atoms with Gasteiger partial charge in [0.2, 0.25) is 17.5 Å². The highest BCUT2D eigenvalue weighted by Gasteiger charge is 2.30. The highest BCUT2D eigenvalue weighted by atomic mass is 19.2. The predicted octanol–water partition coefficient (Wildman–Crippen LogP) is 2.14. The van der Waals surface area contributed by atoms with Crippen LogP contribution in [0.4, 0.5) is 28.0 Å². The Labute approximate surface area is 206 Å². The second kappa shape index (κ2) is 12.5. The second-order valence-corrected chi connectivity index (χ2v) is 7.39. The zero-order chi connectivity index (χ0) is 27.9. The number of carboxylic acid groups (broad SMARTS) is 1. The van der Waals surface area contributed by atoms with Gasteiger partial charge < -0.3 is 24.5 Å². The number of hydrogen-bond acceptors (Lipinski definition) is 7. The largest absolute Gasteiger partial charge is 0.481 e. The lowest BCUT2D eigenvalue weighted by atomic mass is 10.1. The van der Waals surface area contributed by atoms with Crippen LogP contribution in [0.2, 0.25) is 0 Å². The van der Waals surface area contributed by atoms with E-state index in [2.05, 4.69) is 20.1 Å². The van der Waals surface area contributed by atoms with Gasteiger partial charge in [-0.2, -0.15) is 8.78 Å². The molecule has 11 nitrogen and oxygen atoms in total. The van der Waals surface area contributed by atoms with Gasteiger partial charge in [0.05, 0.1) is 13.5 Å². The van der Waals surface area contributed by atoms with Crippen molar-refractivity contribution in [3.8, 4) is 5.75 Å². The molecule has 200 valence electrons. The van der Waals surface area contributed by atoms with Crippen molar-refractivity contribution in [2.45, 2.75) is 31.8 Å². The lowest BCUT2D eigenvalue weighted by Crippen LogP contribution is -2.48. The zero-order valence-electron chi connectivity index (χ0n) is 19.3. The van der Waals surface area contributed by atoms with Crippen LogP contribution in [0.1, 0.15) is 25.8 Å². The number of Topliss-reactive ketones (excluding diaryl/α,β-unsaturated/α-hetero) is 1. The van der Waals surface area contributed by atoms with E-state index in [0.29, 0.717) is 0 Å². The lowest BCUT2D eigenvalue weighted by molar-refractivity contribution is -0.140. The minimum atomic E-state index is -1.92. The zero-order valence-corrected chi connectivity index (χ0v) is 19.3. The summed E-state index contributed by atoms with van der Waals surface area (Å²) in [6, 6.07) is -0.603. The molecule has 3 N–H and O–H groups in total. The van der Waals surface area contributed by atoms with E-state index in [0.717, 1.165) is 11.7 Å². The molecular weight excluding hydrogens is 510 g/mol. The molecular formula is C22H21F4N3O8. The van der Waals surface area contributed by atoms with E-state index in [4.69, 9.17) is 5.11 Å². The molecule has 0 aliphatic rings. The number of methoxy groups -OCH3 is 1. The number of amides is 2. The molecule has 2 rings (SSSR count). The smallest absolute Gasteiger partial charge is 0.411 e. The van der Waals surface area contributed by atoms with Crippen LogP contribution in [-0.4, -0.2) is 53.2 Å². The molecule has 1 heterocycles. The van der Waals surface area contributed by atoms with E-state index in [1.165, 1.54) is 25.3 Å². The molecule has 2 amide bonds. The van der Waals surface area contributed by atoms with Crippen LogP contribution in [-0.2, 0) is 19.1 Å². The topological polar surface area (TPSA) is 153 Å². The number of halogens is 4. The Balaban J connectivity index is 2.26. The summed E-state index contributed by atoms with van der Waals surface area (Å²) in [5.74, 6) is -12.7. The van der Waals surface area contributed by atoms with Gasteiger partial charge in [-0.3, -0.25) is 24.5 Å². The first-order valence-electron chi connectivity index (χ1n) is 10.5. The average molecular weight is 531 g/mol. The number of carbonyl (C=O) groups is 4. The standard InChI is InChI=1S/C22H21F4N3O8/c1-3-14(29-6-4-5-12(21(29)34)28-22(35)36-2)20(33)27-13(8-16(31)32)15(30)9-37-19-17(25)10(23)7-11(24)18(19)26/h4-7,13-14H,3,8-9H2,1-2H3,(H,27,33)(H,28,35)(H,31,32). The predicted molar refractivity (Wildman–Crippen MR) is 117 cm³/mol. The maximum Gasteiger partial charge on any atom is 0.411 e. The molecule has 2 aromatic rings. The average Bonchev–Trinajstić information content (AvgIpc) is 2.84. The Morgan fingerprint density at radius 2 is 1.73 bits per heavy atom. The molecule has 0 aliphatic heterocycles. The number of carboxylic acids is 1. The normalized spacial score (nSPS) is 12.3. The third-order valence-corrected chi connectivity index (χ3v) is 4.94. The fourth-order valence-corrected chi connectivity index (χ4v) is 3.13. The lowest BCUT2D eigenvalue weighted by Gasteiger charge is -2.22. The fraction of sp³-hybridized carbons (Fsp3) is 0.318. The number of ketones is 1. The molecule has 0 saturated heterocycles. The van der Waals surface area contributed by atoms with Crippen molar-refractivity contribution in [3.05, 3.63) is 58.0 Å². The summed E-state index contributed by atoms with van der Waals surface area (Å²) in [4.78, 5) is 60.8. The fourth-order valence-electron chi connectivity index (χ4n) is 3.13. The molecule has 0 radical (unpaired) electrons. The molecule has 37 heavy (non-hydrogen) atoms. The third kappa shape index (κ3) is 7.05. The van der Waals surface area contributed by atoms with Crippen LogP contribution in [0.5, 0.6) is 5.75 Å². The van der Waals surface area contributed by atoms with Crippen LogP contribution < -0.4 is 20.9 Å². The molecule has 2 atom stereocenters. The SMILES string of the molecule is CCC(C(=O)NC(CC(=O)O)C(=O)COc1c(F)c(F)cc(F)c1F)n1cccc(NC(=O)OC)c1=O. The van der Waals surface area contributed by atoms with Crippen molar-refractivity contribution < 1.29 is 51.3 Å². The van der Waals surface area contributed by atoms with Crippen LogP contribution in [0, 0.1) is 23.3 Å². The Morgan fingerprint density at radius 3 is 2.27 bits per heavy atom. The van der Waals surface area contributed by atoms with E-state index in [9.17, 15) is 41.5 Å². The summed E-state index contributed by atoms with van der Waals surface area (Å²) in [6.45, 7) is 0.239. The number of nitrogens with one attached hydrogen (secondary N) is 2.